The summed E-state index contributed by atoms with van der Waals surface area (Å²) in [4.78, 5) is 13.4. The van der Waals surface area contributed by atoms with Gasteiger partial charge < -0.3 is 24.5 Å². The van der Waals surface area contributed by atoms with Crippen LogP contribution in [0.1, 0.15) is 51.8 Å². The third-order valence-corrected chi connectivity index (χ3v) is 7.04. The van der Waals surface area contributed by atoms with E-state index in [4.69, 9.17) is 19.6 Å². The number of ether oxygens (including phenoxy) is 2. The predicted molar refractivity (Wildman–Crippen MR) is 141 cm³/mol. The van der Waals surface area contributed by atoms with Crippen molar-refractivity contribution in [3.05, 3.63) is 42.7 Å². The summed E-state index contributed by atoms with van der Waals surface area (Å²) >= 11 is 0. The fraction of sp³-hybridized carbons (Fsp3) is 0.423. The van der Waals surface area contributed by atoms with Gasteiger partial charge in [-0.2, -0.15) is 15.2 Å². The quantitative estimate of drug-likeness (QED) is 0.341. The van der Waals surface area contributed by atoms with Gasteiger partial charge in [0.1, 0.15) is 11.0 Å². The number of aliphatic hydroxyl groups excluding tert-OH is 1. The molecule has 38 heavy (non-hydrogen) atoms. The zero-order chi connectivity index (χ0) is 26.6. The van der Waals surface area contributed by atoms with Gasteiger partial charge in [0.25, 0.3) is 0 Å². The van der Waals surface area contributed by atoms with Gasteiger partial charge in [-0.05, 0) is 19.3 Å². The monoisotopic (exact) mass is 517 g/mol. The fourth-order valence-electron chi connectivity index (χ4n) is 5.10. The van der Waals surface area contributed by atoms with Crippen LogP contribution in [0.5, 0.6) is 17.2 Å². The first-order valence-electron chi connectivity index (χ1n) is 12.6. The van der Waals surface area contributed by atoms with Crippen molar-refractivity contribution in [2.75, 3.05) is 12.4 Å². The molecule has 0 radical (unpaired) electrons. The van der Waals surface area contributed by atoms with Crippen LogP contribution in [-0.4, -0.2) is 57.2 Å². The third-order valence-electron chi connectivity index (χ3n) is 7.04. The molecule has 1 saturated carbocycles. The van der Waals surface area contributed by atoms with E-state index in [0.717, 1.165) is 30.5 Å². The molecule has 1 aliphatic carbocycles. The highest BCUT2D eigenvalue weighted by atomic mass is 16.5. The number of anilines is 2. The van der Waals surface area contributed by atoms with E-state index in [0.29, 0.717) is 40.2 Å². The summed E-state index contributed by atoms with van der Waals surface area (Å²) in [5, 5.41) is 23.1. The zero-order valence-electron chi connectivity index (χ0n) is 22.1. The molecule has 0 bridgehead atoms. The maximum atomic E-state index is 10.6. The van der Waals surface area contributed by atoms with Gasteiger partial charge in [0.15, 0.2) is 28.7 Å². The van der Waals surface area contributed by atoms with Crippen LogP contribution < -0.4 is 14.8 Å². The third kappa shape index (κ3) is 4.01. The topological polar surface area (TPSA) is 129 Å². The number of aromatic nitrogens is 8. The van der Waals surface area contributed by atoms with Crippen molar-refractivity contribution in [1.29, 1.82) is 0 Å². The molecule has 1 aliphatic rings. The van der Waals surface area contributed by atoms with Crippen LogP contribution in [0, 0.1) is 0 Å². The van der Waals surface area contributed by atoms with Crippen LogP contribution in [-0.2, 0) is 12.5 Å². The molecule has 2 atom stereocenters. The van der Waals surface area contributed by atoms with Crippen LogP contribution >= 0.6 is 0 Å². The molecule has 0 aliphatic heterocycles. The molecule has 0 spiro atoms. The Kier molecular flexibility index (Phi) is 5.71. The van der Waals surface area contributed by atoms with E-state index in [1.807, 2.05) is 22.4 Å². The summed E-state index contributed by atoms with van der Waals surface area (Å²) in [6.45, 7) is 6.45. The average molecular weight is 518 g/mol. The van der Waals surface area contributed by atoms with Gasteiger partial charge in [0.2, 0.25) is 5.95 Å². The Labute approximate surface area is 219 Å². The standard InChI is InChI=1S/C26H31N9O3/c1-26(2,3)20-11-21(32-35(20)15-7-6-8-17(15)36)30-25-31-24-22(33(25)4)23(37-5)19(13-28-24)38-18-14-29-34-10-9-27-12-16(18)34/h9-15,17,36H,6-8H2,1-5H3,(H,28,30,31,32)/t15?,17-/m1/s1. The van der Waals surface area contributed by atoms with Gasteiger partial charge in [-0.3, -0.25) is 9.67 Å². The average Bonchev–Trinajstić information content (AvgIpc) is 3.66. The molecule has 0 saturated heterocycles. The lowest BCUT2D eigenvalue weighted by Crippen LogP contribution is -2.26. The summed E-state index contributed by atoms with van der Waals surface area (Å²) in [5.41, 5.74) is 2.80. The molecule has 5 aromatic heterocycles. The van der Waals surface area contributed by atoms with Crippen LogP contribution in [0.4, 0.5) is 11.8 Å². The second-order valence-corrected chi connectivity index (χ2v) is 10.6. The lowest BCUT2D eigenvalue weighted by molar-refractivity contribution is 0.127. The number of fused-ring (bicyclic) bond motifs is 2. The SMILES string of the molecule is COc1c(Oc2cnn3ccncc23)cnc2nc(Nc3cc(C(C)(C)C)n(C4CCC[C@H]4O)n3)n(C)c12. The number of nitrogens with zero attached hydrogens (tertiary/aromatic N) is 8. The summed E-state index contributed by atoms with van der Waals surface area (Å²) in [7, 11) is 3.47. The second-order valence-electron chi connectivity index (χ2n) is 10.6. The maximum absolute atomic E-state index is 10.6. The predicted octanol–water partition coefficient (Wildman–Crippen LogP) is 4.14. The van der Waals surface area contributed by atoms with Gasteiger partial charge in [-0.1, -0.05) is 20.8 Å². The number of aliphatic hydroxyl groups is 1. The van der Waals surface area contributed by atoms with Crippen molar-refractivity contribution < 1.29 is 14.6 Å². The molecule has 5 heterocycles. The Balaban J connectivity index is 1.36. The van der Waals surface area contributed by atoms with E-state index < -0.39 is 6.10 Å². The number of hydrogen-bond donors (Lipinski definition) is 2. The molecule has 12 heteroatoms. The lowest BCUT2D eigenvalue weighted by Gasteiger charge is -2.25. The number of hydrogen-bond acceptors (Lipinski definition) is 9. The van der Waals surface area contributed by atoms with E-state index in [-0.39, 0.29) is 11.5 Å². The molecular formula is C26H31N9O3. The van der Waals surface area contributed by atoms with E-state index in [2.05, 4.69) is 41.2 Å². The molecular weight excluding hydrogens is 486 g/mol. The van der Waals surface area contributed by atoms with Gasteiger partial charge in [-0.25, -0.2) is 9.50 Å². The van der Waals surface area contributed by atoms with E-state index in [1.165, 1.54) is 0 Å². The molecule has 12 nitrogen and oxygen atoms in total. The normalized spacial score (nSPS) is 17.9. The van der Waals surface area contributed by atoms with Gasteiger partial charge in [0.05, 0.1) is 37.8 Å². The first kappa shape index (κ1) is 24.2. The van der Waals surface area contributed by atoms with Gasteiger partial charge in [0, 0.05) is 36.6 Å². The Hall–Kier alpha value is -4.19. The number of rotatable bonds is 6. The number of nitrogens with one attached hydrogen (secondary N) is 1. The molecule has 0 amide bonds. The van der Waals surface area contributed by atoms with Crippen LogP contribution in [0.25, 0.3) is 16.7 Å². The fourth-order valence-corrected chi connectivity index (χ4v) is 5.10. The number of methoxy groups -OCH3 is 1. The molecule has 198 valence electrons. The lowest BCUT2D eigenvalue weighted by atomic mass is 9.91. The van der Waals surface area contributed by atoms with E-state index >= 15 is 0 Å². The summed E-state index contributed by atoms with van der Waals surface area (Å²) in [5.74, 6) is 2.67. The molecule has 1 fully saturated rings. The molecule has 1 unspecified atom stereocenters. The highest BCUT2D eigenvalue weighted by Crippen LogP contribution is 2.40. The van der Waals surface area contributed by atoms with Crippen LogP contribution in [0.15, 0.2) is 37.1 Å². The van der Waals surface area contributed by atoms with Crippen molar-refractivity contribution in [3.63, 3.8) is 0 Å². The number of imidazole rings is 1. The summed E-state index contributed by atoms with van der Waals surface area (Å²) < 4.78 is 17.5. The summed E-state index contributed by atoms with van der Waals surface area (Å²) in [6, 6.07) is 2.00. The number of pyridine rings is 1. The Morgan fingerprint density at radius 2 is 1.97 bits per heavy atom. The molecule has 2 N–H and O–H groups in total. The molecule has 0 aromatic carbocycles. The Morgan fingerprint density at radius 3 is 2.71 bits per heavy atom. The van der Waals surface area contributed by atoms with Crippen molar-refractivity contribution in [1.82, 2.24) is 38.9 Å². The van der Waals surface area contributed by atoms with E-state index in [1.54, 1.807) is 42.6 Å². The van der Waals surface area contributed by atoms with Gasteiger partial charge in [-0.15, -0.1) is 0 Å². The highest BCUT2D eigenvalue weighted by Gasteiger charge is 2.33. The second kappa shape index (κ2) is 8.98. The van der Waals surface area contributed by atoms with Crippen molar-refractivity contribution in [3.8, 4) is 17.2 Å². The highest BCUT2D eigenvalue weighted by molar-refractivity contribution is 5.85. The molecule has 6 rings (SSSR count). The minimum Gasteiger partial charge on any atom is -0.491 e. The smallest absolute Gasteiger partial charge is 0.211 e. The van der Waals surface area contributed by atoms with Crippen molar-refractivity contribution in [2.45, 2.75) is 57.6 Å². The van der Waals surface area contributed by atoms with Crippen molar-refractivity contribution >= 4 is 28.4 Å². The zero-order valence-corrected chi connectivity index (χ0v) is 22.1. The first-order chi connectivity index (χ1) is 18.2. The van der Waals surface area contributed by atoms with Gasteiger partial charge >= 0.3 is 0 Å². The maximum Gasteiger partial charge on any atom is 0.211 e. The number of aryl methyl sites for hydroxylation is 1. The molecule has 5 aromatic rings. The van der Waals surface area contributed by atoms with Crippen LogP contribution in [0.2, 0.25) is 0 Å². The largest absolute Gasteiger partial charge is 0.491 e. The van der Waals surface area contributed by atoms with Crippen LogP contribution in [0.3, 0.4) is 0 Å². The van der Waals surface area contributed by atoms with Crippen molar-refractivity contribution in [2.24, 2.45) is 7.05 Å². The van der Waals surface area contributed by atoms with E-state index in [9.17, 15) is 5.11 Å². The Morgan fingerprint density at radius 1 is 1.13 bits per heavy atom. The minimum absolute atomic E-state index is 0.0307. The minimum atomic E-state index is -0.393. The Bertz CT molecular complexity index is 1630. The first-order valence-corrected chi connectivity index (χ1v) is 12.6. The summed E-state index contributed by atoms with van der Waals surface area (Å²) in [6.07, 6.45) is 10.6.